The summed E-state index contributed by atoms with van der Waals surface area (Å²) >= 11 is 0. The van der Waals surface area contributed by atoms with E-state index < -0.39 is 0 Å². The number of aryl methyl sites for hydroxylation is 1. The van der Waals surface area contributed by atoms with Crippen molar-refractivity contribution in [1.29, 1.82) is 0 Å². The third-order valence-corrected chi connectivity index (χ3v) is 3.25. The number of hydrogen-bond donors (Lipinski definition) is 0. The van der Waals surface area contributed by atoms with Gasteiger partial charge in [-0.3, -0.25) is 0 Å². The van der Waals surface area contributed by atoms with Gasteiger partial charge in [0.1, 0.15) is 0 Å². The van der Waals surface area contributed by atoms with Crippen molar-refractivity contribution in [2.24, 2.45) is 11.8 Å². The van der Waals surface area contributed by atoms with E-state index in [4.69, 9.17) is 0 Å². The molecule has 0 saturated carbocycles. The van der Waals surface area contributed by atoms with Crippen molar-refractivity contribution in [3.8, 4) is 0 Å². The van der Waals surface area contributed by atoms with Crippen LogP contribution in [0.1, 0.15) is 44.4 Å². The van der Waals surface area contributed by atoms with Crippen molar-refractivity contribution in [3.63, 3.8) is 0 Å². The van der Waals surface area contributed by atoms with E-state index in [2.05, 4.69) is 89.2 Å². The lowest BCUT2D eigenvalue weighted by Gasteiger charge is -2.04. The molecule has 0 heterocycles. The normalized spacial score (nSPS) is 10.4. The average Bonchev–Trinajstić information content (AvgIpc) is 2.42. The third kappa shape index (κ3) is 8.34. The van der Waals surface area contributed by atoms with Crippen LogP contribution < -0.4 is 0 Å². The molecule has 0 saturated heterocycles. The van der Waals surface area contributed by atoms with Crippen LogP contribution in [0.15, 0.2) is 54.6 Å². The lowest BCUT2D eigenvalue weighted by Crippen LogP contribution is -1.93. The van der Waals surface area contributed by atoms with Gasteiger partial charge in [-0.2, -0.15) is 0 Å². The van der Waals surface area contributed by atoms with Gasteiger partial charge in [0, 0.05) is 0 Å². The summed E-state index contributed by atoms with van der Waals surface area (Å²) in [5.74, 6) is 1.53. The van der Waals surface area contributed by atoms with Crippen LogP contribution in [0.4, 0.5) is 0 Å². The molecular formula is C21H30. The lowest BCUT2D eigenvalue weighted by molar-refractivity contribution is 0.647. The average molecular weight is 282 g/mol. The van der Waals surface area contributed by atoms with Gasteiger partial charge in [0.25, 0.3) is 0 Å². The maximum Gasteiger partial charge on any atom is -0.0256 e. The summed E-state index contributed by atoms with van der Waals surface area (Å²) < 4.78 is 0. The van der Waals surface area contributed by atoms with Crippen LogP contribution in [0.3, 0.4) is 0 Å². The van der Waals surface area contributed by atoms with Crippen LogP contribution in [0.5, 0.6) is 0 Å². The minimum atomic E-state index is 0.762. The fourth-order valence-electron chi connectivity index (χ4n) is 2.28. The molecule has 114 valence electrons. The monoisotopic (exact) mass is 282 g/mol. The molecule has 0 spiro atoms. The Bertz CT molecular complexity index is 477. The van der Waals surface area contributed by atoms with Crippen LogP contribution in [-0.2, 0) is 12.8 Å². The summed E-state index contributed by atoms with van der Waals surface area (Å²) in [4.78, 5) is 0. The third-order valence-electron chi connectivity index (χ3n) is 3.25. The number of rotatable bonds is 4. The molecule has 0 aliphatic heterocycles. The Hall–Kier alpha value is -1.56. The van der Waals surface area contributed by atoms with Gasteiger partial charge >= 0.3 is 0 Å². The highest BCUT2D eigenvalue weighted by atomic mass is 14.0. The van der Waals surface area contributed by atoms with E-state index in [0.717, 1.165) is 11.8 Å². The molecule has 0 atom stereocenters. The summed E-state index contributed by atoms with van der Waals surface area (Å²) in [7, 11) is 0. The van der Waals surface area contributed by atoms with Gasteiger partial charge in [-0.1, -0.05) is 87.9 Å². The van der Waals surface area contributed by atoms with Crippen LogP contribution in [0, 0.1) is 18.8 Å². The van der Waals surface area contributed by atoms with E-state index >= 15 is 0 Å². The van der Waals surface area contributed by atoms with Crippen LogP contribution in [0.2, 0.25) is 0 Å². The quantitative estimate of drug-likeness (QED) is 0.637. The van der Waals surface area contributed by atoms with Crippen LogP contribution in [0.25, 0.3) is 0 Å². The molecule has 0 N–H and O–H groups in total. The first-order valence-electron chi connectivity index (χ1n) is 8.07. The predicted octanol–water partition coefficient (Wildman–Crippen LogP) is 6.08. The molecule has 0 aliphatic rings. The molecule has 0 aliphatic carbocycles. The molecule has 0 unspecified atom stereocenters. The second kappa shape index (κ2) is 9.39. The fourth-order valence-corrected chi connectivity index (χ4v) is 2.28. The van der Waals surface area contributed by atoms with Gasteiger partial charge in [-0.25, -0.2) is 0 Å². The largest absolute Gasteiger partial charge is 0.0625 e. The van der Waals surface area contributed by atoms with Gasteiger partial charge < -0.3 is 0 Å². The molecular weight excluding hydrogens is 252 g/mol. The molecule has 2 rings (SSSR count). The Labute approximate surface area is 131 Å². The van der Waals surface area contributed by atoms with E-state index in [0.29, 0.717) is 0 Å². The summed E-state index contributed by atoms with van der Waals surface area (Å²) in [5.41, 5.74) is 4.24. The summed E-state index contributed by atoms with van der Waals surface area (Å²) in [6, 6.07) is 19.4. The topological polar surface area (TPSA) is 0 Å². The van der Waals surface area contributed by atoms with E-state index in [9.17, 15) is 0 Å². The van der Waals surface area contributed by atoms with Gasteiger partial charge in [0.05, 0.1) is 0 Å². The van der Waals surface area contributed by atoms with E-state index in [1.807, 2.05) is 0 Å². The molecule has 0 fully saturated rings. The van der Waals surface area contributed by atoms with Crippen molar-refractivity contribution in [3.05, 3.63) is 71.3 Å². The molecule has 0 radical (unpaired) electrons. The highest BCUT2D eigenvalue weighted by Gasteiger charge is 1.95. The molecule has 2 aromatic carbocycles. The second-order valence-electron chi connectivity index (χ2n) is 6.67. The van der Waals surface area contributed by atoms with Crippen LogP contribution >= 0.6 is 0 Å². The molecule has 2 aromatic rings. The molecule has 0 bridgehead atoms. The first-order chi connectivity index (χ1) is 9.97. The predicted molar refractivity (Wildman–Crippen MR) is 94.7 cm³/mol. The first kappa shape index (κ1) is 17.5. The summed E-state index contributed by atoms with van der Waals surface area (Å²) in [5, 5.41) is 0. The highest BCUT2D eigenvalue weighted by Crippen LogP contribution is 2.08. The molecule has 0 nitrogen and oxygen atoms in total. The van der Waals surface area contributed by atoms with Crippen molar-refractivity contribution in [2.75, 3.05) is 0 Å². The van der Waals surface area contributed by atoms with Gasteiger partial charge in [0.2, 0.25) is 0 Å². The van der Waals surface area contributed by atoms with Gasteiger partial charge in [-0.05, 0) is 42.7 Å². The smallest absolute Gasteiger partial charge is 0.0256 e. The molecule has 21 heavy (non-hydrogen) atoms. The molecule has 0 amide bonds. The van der Waals surface area contributed by atoms with E-state index in [1.54, 1.807) is 0 Å². The number of benzene rings is 2. The second-order valence-corrected chi connectivity index (χ2v) is 6.67. The maximum atomic E-state index is 2.25. The van der Waals surface area contributed by atoms with Gasteiger partial charge in [-0.15, -0.1) is 0 Å². The minimum absolute atomic E-state index is 0.762. The maximum absolute atomic E-state index is 2.25. The Kier molecular flexibility index (Phi) is 7.82. The van der Waals surface area contributed by atoms with E-state index in [1.165, 1.54) is 29.5 Å². The zero-order valence-electron chi connectivity index (χ0n) is 14.3. The van der Waals surface area contributed by atoms with E-state index in [-0.39, 0.29) is 0 Å². The zero-order valence-corrected chi connectivity index (χ0v) is 14.3. The Balaban J connectivity index is 0.000000211. The summed E-state index contributed by atoms with van der Waals surface area (Å²) in [6.45, 7) is 11.1. The van der Waals surface area contributed by atoms with Crippen molar-refractivity contribution < 1.29 is 0 Å². The first-order valence-corrected chi connectivity index (χ1v) is 8.07. The van der Waals surface area contributed by atoms with Crippen LogP contribution in [-0.4, -0.2) is 0 Å². The zero-order chi connectivity index (χ0) is 15.7. The number of hydrogen-bond acceptors (Lipinski definition) is 0. The SMILES string of the molecule is CC(C)Cc1ccccc1.Cc1ccc(CC(C)C)cc1. The Morgan fingerprint density at radius 2 is 1.05 bits per heavy atom. The minimum Gasteiger partial charge on any atom is -0.0625 e. The van der Waals surface area contributed by atoms with Gasteiger partial charge in [0.15, 0.2) is 0 Å². The van der Waals surface area contributed by atoms with Crippen molar-refractivity contribution >= 4 is 0 Å². The molecule has 0 aromatic heterocycles. The Morgan fingerprint density at radius 1 is 0.619 bits per heavy atom. The van der Waals surface area contributed by atoms with Crippen molar-refractivity contribution in [2.45, 2.75) is 47.5 Å². The highest BCUT2D eigenvalue weighted by molar-refractivity contribution is 5.21. The Morgan fingerprint density at radius 3 is 1.48 bits per heavy atom. The molecule has 0 heteroatoms. The lowest BCUT2D eigenvalue weighted by atomic mass is 10.0. The summed E-state index contributed by atoms with van der Waals surface area (Å²) in [6.07, 6.45) is 2.39. The standard InChI is InChI=1S/C11H16.C10H14/c1-9(2)8-11-6-4-10(3)5-7-11;1-9(2)8-10-6-4-3-5-7-10/h4-7,9H,8H2,1-3H3;3-7,9H,8H2,1-2H3. The fraction of sp³-hybridized carbons (Fsp3) is 0.429. The van der Waals surface area contributed by atoms with Crippen molar-refractivity contribution in [1.82, 2.24) is 0 Å².